The van der Waals surface area contributed by atoms with Crippen LogP contribution in [0.1, 0.15) is 30.6 Å². The first-order valence-corrected chi connectivity index (χ1v) is 6.47. The van der Waals surface area contributed by atoms with Crippen molar-refractivity contribution in [1.82, 2.24) is 4.90 Å². The van der Waals surface area contributed by atoms with Crippen LogP contribution in [-0.2, 0) is 0 Å². The number of hydrogen-bond acceptors (Lipinski definition) is 2. The number of ketones is 1. The van der Waals surface area contributed by atoms with E-state index >= 15 is 0 Å². The second-order valence-corrected chi connectivity index (χ2v) is 4.71. The summed E-state index contributed by atoms with van der Waals surface area (Å²) in [6, 6.07) is 7.55. The highest BCUT2D eigenvalue weighted by Crippen LogP contribution is 2.11. The van der Waals surface area contributed by atoms with Gasteiger partial charge >= 0.3 is 0 Å². The molecule has 3 heteroatoms. The Kier molecular flexibility index (Phi) is 5.71. The lowest BCUT2D eigenvalue weighted by Gasteiger charge is -2.18. The second kappa shape index (κ2) is 6.81. The number of rotatable bonds is 6. The topological polar surface area (TPSA) is 20.3 Å². The average molecular weight is 284 g/mol. The standard InChI is InChI=1S/C13H18BrNO/c1-3-9-15(4-2)10-13(16)11-5-7-12(14)8-6-11/h5-8H,3-4,9-10H2,1-2H3. The Balaban J connectivity index is 2.60. The molecule has 0 saturated carbocycles. The van der Waals surface area contributed by atoms with Crippen LogP contribution >= 0.6 is 15.9 Å². The van der Waals surface area contributed by atoms with Crippen molar-refractivity contribution in [3.05, 3.63) is 34.3 Å². The Morgan fingerprint density at radius 3 is 2.38 bits per heavy atom. The summed E-state index contributed by atoms with van der Waals surface area (Å²) >= 11 is 3.36. The van der Waals surface area contributed by atoms with E-state index in [0.717, 1.165) is 29.5 Å². The molecule has 0 aliphatic carbocycles. The zero-order valence-electron chi connectivity index (χ0n) is 9.87. The van der Waals surface area contributed by atoms with Crippen LogP contribution in [0.3, 0.4) is 0 Å². The minimum Gasteiger partial charge on any atom is -0.296 e. The summed E-state index contributed by atoms with van der Waals surface area (Å²) in [4.78, 5) is 14.1. The number of nitrogens with zero attached hydrogens (tertiary/aromatic N) is 1. The quantitative estimate of drug-likeness (QED) is 0.746. The van der Waals surface area contributed by atoms with Gasteiger partial charge in [0.05, 0.1) is 6.54 Å². The smallest absolute Gasteiger partial charge is 0.176 e. The van der Waals surface area contributed by atoms with Gasteiger partial charge < -0.3 is 0 Å². The van der Waals surface area contributed by atoms with Crippen molar-refractivity contribution >= 4 is 21.7 Å². The number of carbonyl (C=O) groups excluding carboxylic acids is 1. The second-order valence-electron chi connectivity index (χ2n) is 3.80. The molecule has 1 aromatic carbocycles. The highest BCUT2D eigenvalue weighted by atomic mass is 79.9. The summed E-state index contributed by atoms with van der Waals surface area (Å²) in [7, 11) is 0. The number of benzene rings is 1. The number of carbonyl (C=O) groups is 1. The maximum Gasteiger partial charge on any atom is 0.176 e. The Labute approximate surface area is 106 Å². The van der Waals surface area contributed by atoms with Gasteiger partial charge in [0, 0.05) is 10.0 Å². The zero-order chi connectivity index (χ0) is 12.0. The van der Waals surface area contributed by atoms with E-state index in [1.165, 1.54) is 0 Å². The molecule has 0 spiro atoms. The van der Waals surface area contributed by atoms with Crippen LogP contribution in [0.15, 0.2) is 28.7 Å². The van der Waals surface area contributed by atoms with Crippen LogP contribution in [0.4, 0.5) is 0 Å². The first-order valence-electron chi connectivity index (χ1n) is 5.68. The summed E-state index contributed by atoms with van der Waals surface area (Å²) < 4.78 is 1.00. The van der Waals surface area contributed by atoms with Crippen molar-refractivity contribution in [3.8, 4) is 0 Å². The molecule has 0 aliphatic rings. The van der Waals surface area contributed by atoms with Gasteiger partial charge in [0.1, 0.15) is 0 Å². The molecule has 16 heavy (non-hydrogen) atoms. The molecule has 0 bridgehead atoms. The maximum atomic E-state index is 11.9. The van der Waals surface area contributed by atoms with Gasteiger partial charge in [-0.1, -0.05) is 41.9 Å². The summed E-state index contributed by atoms with van der Waals surface area (Å²) in [5.41, 5.74) is 0.790. The number of hydrogen-bond donors (Lipinski definition) is 0. The van der Waals surface area contributed by atoms with Crippen LogP contribution in [0.5, 0.6) is 0 Å². The third-order valence-electron chi connectivity index (χ3n) is 2.52. The largest absolute Gasteiger partial charge is 0.296 e. The molecular formula is C13H18BrNO. The van der Waals surface area contributed by atoms with Crippen LogP contribution in [0.2, 0.25) is 0 Å². The Morgan fingerprint density at radius 1 is 1.25 bits per heavy atom. The molecule has 0 heterocycles. The fourth-order valence-corrected chi connectivity index (χ4v) is 1.86. The molecule has 2 nitrogen and oxygen atoms in total. The zero-order valence-corrected chi connectivity index (χ0v) is 11.5. The molecule has 1 rings (SSSR count). The third kappa shape index (κ3) is 4.06. The molecule has 0 saturated heterocycles. The van der Waals surface area contributed by atoms with E-state index in [2.05, 4.69) is 34.7 Å². The number of Topliss-reactive ketones (excluding diaryl/α,β-unsaturated/α-hetero) is 1. The van der Waals surface area contributed by atoms with Crippen LogP contribution in [-0.4, -0.2) is 30.3 Å². The van der Waals surface area contributed by atoms with E-state index in [0.29, 0.717) is 6.54 Å². The van der Waals surface area contributed by atoms with Gasteiger partial charge in [-0.15, -0.1) is 0 Å². The summed E-state index contributed by atoms with van der Waals surface area (Å²) in [6.45, 7) is 6.65. The SMILES string of the molecule is CCCN(CC)CC(=O)c1ccc(Br)cc1. The molecular weight excluding hydrogens is 266 g/mol. The van der Waals surface area contributed by atoms with Crippen molar-refractivity contribution in [2.24, 2.45) is 0 Å². The molecule has 0 amide bonds. The minimum atomic E-state index is 0.197. The van der Waals surface area contributed by atoms with Gasteiger partial charge in [-0.2, -0.15) is 0 Å². The molecule has 0 atom stereocenters. The molecule has 0 aromatic heterocycles. The van der Waals surface area contributed by atoms with Gasteiger partial charge in [-0.05, 0) is 31.6 Å². The predicted octanol–water partition coefficient (Wildman–Crippen LogP) is 3.36. The van der Waals surface area contributed by atoms with E-state index in [9.17, 15) is 4.79 Å². The van der Waals surface area contributed by atoms with Crippen LogP contribution in [0.25, 0.3) is 0 Å². The van der Waals surface area contributed by atoms with Crippen molar-refractivity contribution in [2.45, 2.75) is 20.3 Å². The lowest BCUT2D eigenvalue weighted by Crippen LogP contribution is -2.30. The Hall–Kier alpha value is -0.670. The first-order chi connectivity index (χ1) is 7.67. The molecule has 0 unspecified atom stereocenters. The van der Waals surface area contributed by atoms with Crippen molar-refractivity contribution < 1.29 is 4.79 Å². The molecule has 0 aliphatic heterocycles. The van der Waals surface area contributed by atoms with Crippen LogP contribution in [0, 0.1) is 0 Å². The van der Waals surface area contributed by atoms with Crippen molar-refractivity contribution in [2.75, 3.05) is 19.6 Å². The molecule has 0 fully saturated rings. The Morgan fingerprint density at radius 2 is 1.88 bits per heavy atom. The van der Waals surface area contributed by atoms with E-state index < -0.39 is 0 Å². The number of likely N-dealkylation sites (N-methyl/N-ethyl adjacent to an activating group) is 1. The van der Waals surface area contributed by atoms with Crippen LogP contribution < -0.4 is 0 Å². The first kappa shape index (κ1) is 13.4. The lowest BCUT2D eigenvalue weighted by molar-refractivity contribution is 0.0934. The van der Waals surface area contributed by atoms with Gasteiger partial charge in [0.25, 0.3) is 0 Å². The molecule has 0 N–H and O–H groups in total. The van der Waals surface area contributed by atoms with E-state index in [1.807, 2.05) is 24.3 Å². The summed E-state index contributed by atoms with van der Waals surface area (Å²) in [5.74, 6) is 0.197. The fourth-order valence-electron chi connectivity index (χ4n) is 1.60. The summed E-state index contributed by atoms with van der Waals surface area (Å²) in [6.07, 6.45) is 1.08. The normalized spacial score (nSPS) is 10.8. The molecule has 0 radical (unpaired) electrons. The number of halogens is 1. The highest BCUT2D eigenvalue weighted by molar-refractivity contribution is 9.10. The predicted molar refractivity (Wildman–Crippen MR) is 70.9 cm³/mol. The van der Waals surface area contributed by atoms with Crippen molar-refractivity contribution in [3.63, 3.8) is 0 Å². The van der Waals surface area contributed by atoms with Gasteiger partial charge in [-0.3, -0.25) is 9.69 Å². The molecule has 1 aromatic rings. The molecule has 88 valence electrons. The highest BCUT2D eigenvalue weighted by Gasteiger charge is 2.10. The minimum absolute atomic E-state index is 0.197. The average Bonchev–Trinajstić information content (AvgIpc) is 2.29. The van der Waals surface area contributed by atoms with E-state index in [-0.39, 0.29) is 5.78 Å². The van der Waals surface area contributed by atoms with E-state index in [4.69, 9.17) is 0 Å². The summed E-state index contributed by atoms with van der Waals surface area (Å²) in [5, 5.41) is 0. The Bertz CT molecular complexity index is 334. The lowest BCUT2D eigenvalue weighted by atomic mass is 10.1. The van der Waals surface area contributed by atoms with Gasteiger partial charge in [0.2, 0.25) is 0 Å². The van der Waals surface area contributed by atoms with Crippen molar-refractivity contribution in [1.29, 1.82) is 0 Å². The monoisotopic (exact) mass is 283 g/mol. The van der Waals surface area contributed by atoms with Gasteiger partial charge in [0.15, 0.2) is 5.78 Å². The fraction of sp³-hybridized carbons (Fsp3) is 0.462. The van der Waals surface area contributed by atoms with Gasteiger partial charge in [-0.25, -0.2) is 0 Å². The maximum absolute atomic E-state index is 11.9. The third-order valence-corrected chi connectivity index (χ3v) is 3.05. The van der Waals surface area contributed by atoms with E-state index in [1.54, 1.807) is 0 Å².